The number of carbonyl (C=O) groups is 2. The number of hydrogen-bond donors (Lipinski definition) is 2. The Morgan fingerprint density at radius 3 is 2.29 bits per heavy atom. The summed E-state index contributed by atoms with van der Waals surface area (Å²) in [4.78, 5) is 23.6. The van der Waals surface area contributed by atoms with Crippen molar-refractivity contribution < 1.29 is 14.7 Å². The first-order valence-corrected chi connectivity index (χ1v) is 6.08. The summed E-state index contributed by atoms with van der Waals surface area (Å²) in [6.45, 7) is 6.68. The first kappa shape index (κ1) is 15.7. The van der Waals surface area contributed by atoms with Crippen molar-refractivity contribution in [1.82, 2.24) is 10.2 Å². The molecule has 0 aromatic heterocycles. The van der Waals surface area contributed by atoms with Crippen molar-refractivity contribution in [3.05, 3.63) is 0 Å². The molecule has 0 spiro atoms. The Kier molecular flexibility index (Phi) is 7.34. The van der Waals surface area contributed by atoms with Crippen LogP contribution in [0.5, 0.6) is 0 Å². The van der Waals surface area contributed by atoms with E-state index in [2.05, 4.69) is 19.2 Å². The fourth-order valence-corrected chi connectivity index (χ4v) is 1.35. The lowest BCUT2D eigenvalue weighted by molar-refractivity contribution is -0.137. The highest BCUT2D eigenvalue weighted by molar-refractivity contribution is 5.74. The molecule has 0 aromatic carbocycles. The van der Waals surface area contributed by atoms with Gasteiger partial charge in [-0.1, -0.05) is 13.8 Å². The average Bonchev–Trinajstić information content (AvgIpc) is 2.25. The lowest BCUT2D eigenvalue weighted by atomic mass is 10.1. The highest BCUT2D eigenvalue weighted by atomic mass is 16.4. The molecule has 100 valence electrons. The lowest BCUT2D eigenvalue weighted by Gasteiger charge is -2.28. The molecule has 0 aliphatic heterocycles. The van der Waals surface area contributed by atoms with E-state index in [0.29, 0.717) is 25.3 Å². The number of nitrogens with one attached hydrogen (secondary N) is 1. The Hall–Kier alpha value is -1.26. The fourth-order valence-electron chi connectivity index (χ4n) is 1.35. The Morgan fingerprint density at radius 2 is 1.82 bits per heavy atom. The first-order chi connectivity index (χ1) is 7.86. The number of amides is 2. The minimum absolute atomic E-state index is 0.0958. The van der Waals surface area contributed by atoms with Crippen LogP contribution in [0.3, 0.4) is 0 Å². The zero-order valence-corrected chi connectivity index (χ0v) is 11.2. The van der Waals surface area contributed by atoms with Crippen molar-refractivity contribution in [1.29, 1.82) is 0 Å². The van der Waals surface area contributed by atoms with Crippen LogP contribution in [0.1, 0.15) is 40.0 Å². The molecule has 0 saturated carbocycles. The fraction of sp³-hybridized carbons (Fsp3) is 0.833. The van der Waals surface area contributed by atoms with E-state index in [1.807, 2.05) is 6.92 Å². The molecule has 0 saturated heterocycles. The number of hydrogen-bond acceptors (Lipinski definition) is 2. The summed E-state index contributed by atoms with van der Waals surface area (Å²) in [5.41, 5.74) is 0. The smallest absolute Gasteiger partial charge is 0.317 e. The molecule has 0 aliphatic rings. The van der Waals surface area contributed by atoms with Crippen molar-refractivity contribution in [3.63, 3.8) is 0 Å². The highest BCUT2D eigenvalue weighted by Crippen LogP contribution is 2.07. The number of rotatable bonds is 7. The summed E-state index contributed by atoms with van der Waals surface area (Å²) in [6, 6.07) is 0.0931. The zero-order valence-electron chi connectivity index (χ0n) is 11.2. The van der Waals surface area contributed by atoms with E-state index in [9.17, 15) is 9.59 Å². The lowest BCUT2D eigenvalue weighted by Crippen LogP contribution is -2.44. The molecule has 0 fully saturated rings. The van der Waals surface area contributed by atoms with Crippen LogP contribution in [0.25, 0.3) is 0 Å². The number of unbranched alkanes of at least 4 members (excludes halogenated alkanes) is 1. The molecule has 0 radical (unpaired) electrons. The van der Waals surface area contributed by atoms with Gasteiger partial charge in [-0.25, -0.2) is 4.79 Å². The molecule has 0 aliphatic carbocycles. The van der Waals surface area contributed by atoms with Crippen LogP contribution in [0, 0.1) is 5.92 Å². The summed E-state index contributed by atoms with van der Waals surface area (Å²) in [5.74, 6) is -0.375. The maximum atomic E-state index is 11.7. The van der Waals surface area contributed by atoms with Gasteiger partial charge in [0, 0.05) is 26.1 Å². The third-order valence-electron chi connectivity index (χ3n) is 2.99. The molecule has 5 heteroatoms. The summed E-state index contributed by atoms with van der Waals surface area (Å²) >= 11 is 0. The summed E-state index contributed by atoms with van der Waals surface area (Å²) in [6.07, 6.45) is 1.45. The van der Waals surface area contributed by atoms with Crippen LogP contribution in [-0.2, 0) is 4.79 Å². The second-order valence-corrected chi connectivity index (χ2v) is 4.68. The Balaban J connectivity index is 3.75. The Bertz CT molecular complexity index is 254. The standard InChI is InChI=1S/C12H24N2O3/c1-9(2)10(3)14(4)12(17)13-8-6-5-7-11(15)16/h9-10H,5-8H2,1-4H3,(H,13,17)(H,15,16). The van der Waals surface area contributed by atoms with Gasteiger partial charge in [-0.05, 0) is 25.7 Å². The number of carbonyl (C=O) groups excluding carboxylic acids is 1. The monoisotopic (exact) mass is 244 g/mol. The van der Waals surface area contributed by atoms with E-state index < -0.39 is 5.97 Å². The van der Waals surface area contributed by atoms with E-state index in [1.165, 1.54) is 0 Å². The van der Waals surface area contributed by atoms with Gasteiger partial charge in [-0.2, -0.15) is 0 Å². The minimum Gasteiger partial charge on any atom is -0.481 e. The molecule has 0 heterocycles. The first-order valence-electron chi connectivity index (χ1n) is 6.08. The average molecular weight is 244 g/mol. The van der Waals surface area contributed by atoms with Crippen LogP contribution < -0.4 is 5.32 Å². The summed E-state index contributed by atoms with van der Waals surface area (Å²) in [7, 11) is 1.78. The van der Waals surface area contributed by atoms with Crippen LogP contribution >= 0.6 is 0 Å². The molecule has 1 atom stereocenters. The third kappa shape index (κ3) is 6.81. The summed E-state index contributed by atoms with van der Waals surface area (Å²) < 4.78 is 0. The zero-order chi connectivity index (χ0) is 13.4. The predicted molar refractivity (Wildman–Crippen MR) is 66.9 cm³/mol. The van der Waals surface area contributed by atoms with Gasteiger partial charge in [0.15, 0.2) is 0 Å². The van der Waals surface area contributed by atoms with Gasteiger partial charge in [0.05, 0.1) is 0 Å². The Morgan fingerprint density at radius 1 is 1.24 bits per heavy atom. The Labute approximate surface area is 103 Å². The van der Waals surface area contributed by atoms with Gasteiger partial charge in [0.2, 0.25) is 0 Å². The number of nitrogens with zero attached hydrogens (tertiary/aromatic N) is 1. The third-order valence-corrected chi connectivity index (χ3v) is 2.99. The molecule has 2 N–H and O–H groups in total. The van der Waals surface area contributed by atoms with E-state index in [1.54, 1.807) is 11.9 Å². The van der Waals surface area contributed by atoms with Crippen molar-refractivity contribution >= 4 is 12.0 Å². The van der Waals surface area contributed by atoms with Crippen LogP contribution in [0.4, 0.5) is 4.79 Å². The minimum atomic E-state index is -0.790. The van der Waals surface area contributed by atoms with Crippen molar-refractivity contribution in [2.24, 2.45) is 5.92 Å². The van der Waals surface area contributed by atoms with Crippen molar-refractivity contribution in [2.75, 3.05) is 13.6 Å². The van der Waals surface area contributed by atoms with Gasteiger partial charge in [-0.15, -0.1) is 0 Å². The molecular formula is C12H24N2O3. The topological polar surface area (TPSA) is 69.6 Å². The molecule has 2 amide bonds. The maximum Gasteiger partial charge on any atom is 0.317 e. The van der Waals surface area contributed by atoms with Gasteiger partial charge in [0.1, 0.15) is 0 Å². The van der Waals surface area contributed by atoms with Gasteiger partial charge < -0.3 is 15.3 Å². The second kappa shape index (κ2) is 7.92. The molecule has 5 nitrogen and oxygen atoms in total. The van der Waals surface area contributed by atoms with Crippen molar-refractivity contribution in [2.45, 2.75) is 46.1 Å². The van der Waals surface area contributed by atoms with E-state index in [-0.39, 0.29) is 18.5 Å². The van der Waals surface area contributed by atoms with Crippen LogP contribution in [-0.4, -0.2) is 41.6 Å². The van der Waals surface area contributed by atoms with Gasteiger partial charge in [0.25, 0.3) is 0 Å². The van der Waals surface area contributed by atoms with E-state index in [4.69, 9.17) is 5.11 Å². The van der Waals surface area contributed by atoms with Crippen molar-refractivity contribution in [3.8, 4) is 0 Å². The van der Waals surface area contributed by atoms with Gasteiger partial charge in [-0.3, -0.25) is 4.79 Å². The van der Waals surface area contributed by atoms with Crippen LogP contribution in [0.15, 0.2) is 0 Å². The summed E-state index contributed by atoms with van der Waals surface area (Å²) in [5, 5.41) is 11.2. The molecule has 0 aromatic rings. The van der Waals surface area contributed by atoms with Gasteiger partial charge >= 0.3 is 12.0 Å². The van der Waals surface area contributed by atoms with E-state index in [0.717, 1.165) is 0 Å². The SMILES string of the molecule is CC(C)C(C)N(C)C(=O)NCCCCC(=O)O. The normalized spacial score (nSPS) is 12.3. The van der Waals surface area contributed by atoms with Crippen LogP contribution in [0.2, 0.25) is 0 Å². The maximum absolute atomic E-state index is 11.7. The largest absolute Gasteiger partial charge is 0.481 e. The molecule has 0 bridgehead atoms. The number of carboxylic acid groups (broad SMARTS) is 1. The molecule has 1 unspecified atom stereocenters. The van der Waals surface area contributed by atoms with E-state index >= 15 is 0 Å². The second-order valence-electron chi connectivity index (χ2n) is 4.68. The highest BCUT2D eigenvalue weighted by Gasteiger charge is 2.17. The number of urea groups is 1. The molecule has 17 heavy (non-hydrogen) atoms. The molecule has 0 rings (SSSR count). The number of carboxylic acids is 1. The quantitative estimate of drug-likeness (QED) is 0.672. The molecular weight excluding hydrogens is 220 g/mol. The predicted octanol–water partition coefficient (Wildman–Crippen LogP) is 1.93. The number of aliphatic carboxylic acids is 1.